The molecule has 2 aromatic carbocycles. The van der Waals surface area contributed by atoms with Crippen LogP contribution >= 0.6 is 0 Å². The second kappa shape index (κ2) is 5.34. The van der Waals surface area contributed by atoms with Crippen LogP contribution in [0.15, 0.2) is 63.8 Å². The van der Waals surface area contributed by atoms with Gasteiger partial charge in [0.05, 0.1) is 0 Å². The summed E-state index contributed by atoms with van der Waals surface area (Å²) in [5.74, 6) is 0.629. The highest BCUT2D eigenvalue weighted by atomic mass is 16.4. The lowest BCUT2D eigenvalue weighted by atomic mass is 10.0. The molecule has 0 spiro atoms. The molecule has 1 aromatic heterocycles. The van der Waals surface area contributed by atoms with Gasteiger partial charge in [-0.25, -0.2) is 4.79 Å². The molecule has 0 amide bonds. The van der Waals surface area contributed by atoms with Crippen molar-refractivity contribution in [2.24, 2.45) is 0 Å². The summed E-state index contributed by atoms with van der Waals surface area (Å²) >= 11 is 0. The van der Waals surface area contributed by atoms with Gasteiger partial charge in [-0.3, -0.25) is 0 Å². The van der Waals surface area contributed by atoms with Crippen LogP contribution in [-0.4, -0.2) is 13.1 Å². The lowest BCUT2D eigenvalue weighted by Gasteiger charge is -2.15. The first kappa shape index (κ1) is 13.1. The molecule has 0 bridgehead atoms. The SMILES string of the molecule is O=c1oc(-c2cccc3ccccc23)ccc1N1CCCC1. The van der Waals surface area contributed by atoms with Crippen LogP contribution in [0.4, 0.5) is 5.69 Å². The summed E-state index contributed by atoms with van der Waals surface area (Å²) < 4.78 is 5.62. The summed E-state index contributed by atoms with van der Waals surface area (Å²) in [4.78, 5) is 14.4. The van der Waals surface area contributed by atoms with Crippen LogP contribution in [0.1, 0.15) is 12.8 Å². The minimum Gasteiger partial charge on any atom is -0.421 e. The Hall–Kier alpha value is -2.55. The van der Waals surface area contributed by atoms with Crippen LogP contribution in [-0.2, 0) is 0 Å². The molecule has 2 heterocycles. The monoisotopic (exact) mass is 291 g/mol. The lowest BCUT2D eigenvalue weighted by molar-refractivity contribution is 0.525. The van der Waals surface area contributed by atoms with E-state index in [9.17, 15) is 4.79 Å². The fourth-order valence-corrected chi connectivity index (χ4v) is 3.19. The third-order valence-corrected chi connectivity index (χ3v) is 4.31. The largest absolute Gasteiger partial charge is 0.421 e. The van der Waals surface area contributed by atoms with Crippen molar-refractivity contribution in [1.82, 2.24) is 0 Å². The van der Waals surface area contributed by atoms with Gasteiger partial charge in [0.15, 0.2) is 0 Å². The molecule has 0 saturated carbocycles. The minimum atomic E-state index is -0.243. The Balaban J connectivity index is 1.82. The molecule has 0 N–H and O–H groups in total. The third kappa shape index (κ3) is 2.19. The predicted molar refractivity (Wildman–Crippen MR) is 89.4 cm³/mol. The first-order valence-corrected chi connectivity index (χ1v) is 7.70. The van der Waals surface area contributed by atoms with Gasteiger partial charge in [0, 0.05) is 18.7 Å². The van der Waals surface area contributed by atoms with Crippen LogP contribution in [0.25, 0.3) is 22.1 Å². The molecule has 1 aliphatic rings. The van der Waals surface area contributed by atoms with Crippen molar-refractivity contribution in [1.29, 1.82) is 0 Å². The number of anilines is 1. The van der Waals surface area contributed by atoms with Gasteiger partial charge in [-0.1, -0.05) is 42.5 Å². The van der Waals surface area contributed by atoms with E-state index in [1.165, 1.54) is 0 Å². The molecule has 1 saturated heterocycles. The molecule has 4 rings (SSSR count). The standard InChI is InChI=1S/C19H17NO2/c21-19-17(20-12-3-4-13-20)10-11-18(22-19)16-9-5-7-14-6-1-2-8-15(14)16/h1-2,5-11H,3-4,12-13H2. The zero-order chi connectivity index (χ0) is 14.9. The summed E-state index contributed by atoms with van der Waals surface area (Å²) in [5.41, 5.74) is 1.40. The van der Waals surface area contributed by atoms with Gasteiger partial charge >= 0.3 is 5.63 Å². The van der Waals surface area contributed by atoms with Gasteiger partial charge in [0.2, 0.25) is 0 Å². The topological polar surface area (TPSA) is 33.5 Å². The quantitative estimate of drug-likeness (QED) is 0.714. The van der Waals surface area contributed by atoms with Gasteiger partial charge in [0.1, 0.15) is 11.4 Å². The van der Waals surface area contributed by atoms with E-state index in [1.54, 1.807) is 0 Å². The maximum absolute atomic E-state index is 12.3. The Bertz CT molecular complexity index is 870. The van der Waals surface area contributed by atoms with Crippen molar-refractivity contribution in [2.75, 3.05) is 18.0 Å². The third-order valence-electron chi connectivity index (χ3n) is 4.31. The average molecular weight is 291 g/mol. The van der Waals surface area contributed by atoms with Crippen molar-refractivity contribution < 1.29 is 4.42 Å². The Morgan fingerprint density at radius 1 is 0.864 bits per heavy atom. The van der Waals surface area contributed by atoms with E-state index in [4.69, 9.17) is 4.42 Å². The van der Waals surface area contributed by atoms with Crippen LogP contribution in [0, 0.1) is 0 Å². The molecule has 0 aliphatic carbocycles. The van der Waals surface area contributed by atoms with E-state index >= 15 is 0 Å². The highest BCUT2D eigenvalue weighted by Gasteiger charge is 2.17. The number of hydrogen-bond acceptors (Lipinski definition) is 3. The van der Waals surface area contributed by atoms with Crippen molar-refractivity contribution in [3.63, 3.8) is 0 Å². The van der Waals surface area contributed by atoms with Crippen molar-refractivity contribution in [2.45, 2.75) is 12.8 Å². The maximum atomic E-state index is 12.3. The maximum Gasteiger partial charge on any atom is 0.360 e. The van der Waals surface area contributed by atoms with Gasteiger partial charge < -0.3 is 9.32 Å². The van der Waals surface area contributed by atoms with E-state index in [0.717, 1.165) is 42.3 Å². The summed E-state index contributed by atoms with van der Waals surface area (Å²) in [6, 6.07) is 18.0. The molecule has 3 heteroatoms. The second-order valence-corrected chi connectivity index (χ2v) is 5.69. The number of rotatable bonds is 2. The Labute approximate surface area is 128 Å². The van der Waals surface area contributed by atoms with Crippen molar-refractivity contribution >= 4 is 16.5 Å². The summed E-state index contributed by atoms with van der Waals surface area (Å²) in [7, 11) is 0. The van der Waals surface area contributed by atoms with Crippen LogP contribution in [0.3, 0.4) is 0 Å². The molecule has 3 nitrogen and oxygen atoms in total. The molecule has 0 atom stereocenters. The molecular formula is C19H17NO2. The lowest BCUT2D eigenvalue weighted by Crippen LogP contribution is -2.23. The summed E-state index contributed by atoms with van der Waals surface area (Å²) in [6.45, 7) is 1.89. The first-order valence-electron chi connectivity index (χ1n) is 7.70. The van der Waals surface area contributed by atoms with E-state index in [2.05, 4.69) is 23.1 Å². The van der Waals surface area contributed by atoms with Gasteiger partial charge in [-0.2, -0.15) is 0 Å². The predicted octanol–water partition coefficient (Wildman–Crippen LogP) is 4.06. The fourth-order valence-electron chi connectivity index (χ4n) is 3.19. The van der Waals surface area contributed by atoms with Gasteiger partial charge in [-0.15, -0.1) is 0 Å². The Kier molecular flexibility index (Phi) is 3.19. The molecule has 22 heavy (non-hydrogen) atoms. The number of nitrogens with zero attached hydrogens (tertiary/aromatic N) is 1. The fraction of sp³-hybridized carbons (Fsp3) is 0.211. The molecule has 1 fully saturated rings. The van der Waals surface area contributed by atoms with Crippen LogP contribution in [0.5, 0.6) is 0 Å². The van der Waals surface area contributed by atoms with Gasteiger partial charge in [0.25, 0.3) is 0 Å². The molecule has 1 aliphatic heterocycles. The Morgan fingerprint density at radius 3 is 2.45 bits per heavy atom. The molecular weight excluding hydrogens is 274 g/mol. The van der Waals surface area contributed by atoms with Crippen LogP contribution in [0.2, 0.25) is 0 Å². The second-order valence-electron chi connectivity index (χ2n) is 5.69. The van der Waals surface area contributed by atoms with Crippen molar-refractivity contribution in [3.8, 4) is 11.3 Å². The minimum absolute atomic E-state index is 0.243. The number of benzene rings is 2. The molecule has 110 valence electrons. The van der Waals surface area contributed by atoms with Crippen LogP contribution < -0.4 is 10.5 Å². The first-order chi connectivity index (χ1) is 10.8. The highest BCUT2D eigenvalue weighted by molar-refractivity contribution is 5.95. The summed E-state index contributed by atoms with van der Waals surface area (Å²) in [6.07, 6.45) is 2.29. The highest BCUT2D eigenvalue weighted by Crippen LogP contribution is 2.29. The molecule has 0 radical (unpaired) electrons. The number of hydrogen-bond donors (Lipinski definition) is 0. The van der Waals surface area contributed by atoms with E-state index in [1.807, 2.05) is 36.4 Å². The molecule has 0 unspecified atom stereocenters. The summed E-state index contributed by atoms with van der Waals surface area (Å²) in [5, 5.41) is 2.24. The zero-order valence-corrected chi connectivity index (χ0v) is 12.3. The number of fused-ring (bicyclic) bond motifs is 1. The van der Waals surface area contributed by atoms with E-state index in [0.29, 0.717) is 11.4 Å². The average Bonchev–Trinajstić information content (AvgIpc) is 3.08. The normalized spacial score (nSPS) is 14.6. The van der Waals surface area contributed by atoms with Gasteiger partial charge in [-0.05, 0) is 35.7 Å². The Morgan fingerprint density at radius 2 is 1.64 bits per heavy atom. The zero-order valence-electron chi connectivity index (χ0n) is 12.3. The molecule has 3 aromatic rings. The van der Waals surface area contributed by atoms with E-state index < -0.39 is 0 Å². The smallest absolute Gasteiger partial charge is 0.360 e. The van der Waals surface area contributed by atoms with E-state index in [-0.39, 0.29) is 5.63 Å². The van der Waals surface area contributed by atoms with Crippen molar-refractivity contribution in [3.05, 3.63) is 65.0 Å².